The number of hydrogen-bond acceptors (Lipinski definition) is 3. The highest BCUT2D eigenvalue weighted by Crippen LogP contribution is 2.28. The summed E-state index contributed by atoms with van der Waals surface area (Å²) >= 11 is 5.94. The van der Waals surface area contributed by atoms with E-state index >= 15 is 0 Å². The lowest BCUT2D eigenvalue weighted by atomic mass is 10.1. The Morgan fingerprint density at radius 3 is 2.79 bits per heavy atom. The zero-order valence-electron chi connectivity index (χ0n) is 11.4. The predicted octanol–water partition coefficient (Wildman–Crippen LogP) is 3.19. The third-order valence-corrected chi connectivity index (χ3v) is 2.83. The van der Waals surface area contributed by atoms with Gasteiger partial charge in [0.1, 0.15) is 5.75 Å². The molecule has 1 aromatic carbocycles. The van der Waals surface area contributed by atoms with Crippen LogP contribution < -0.4 is 15.8 Å². The van der Waals surface area contributed by atoms with Gasteiger partial charge in [-0.1, -0.05) is 31.9 Å². The molecule has 4 nitrogen and oxygen atoms in total. The highest BCUT2D eigenvalue weighted by atomic mass is 35.5. The van der Waals surface area contributed by atoms with Crippen LogP contribution in [0.2, 0.25) is 5.02 Å². The normalized spacial score (nSPS) is 12.0. The summed E-state index contributed by atoms with van der Waals surface area (Å²) in [6.45, 7) is 4.60. The minimum absolute atomic E-state index is 0.217. The van der Waals surface area contributed by atoms with Crippen LogP contribution in [0.25, 0.3) is 0 Å². The zero-order valence-corrected chi connectivity index (χ0v) is 12.2. The summed E-state index contributed by atoms with van der Waals surface area (Å²) in [5.41, 5.74) is 6.35. The van der Waals surface area contributed by atoms with Gasteiger partial charge in [-0.05, 0) is 31.0 Å². The first kappa shape index (κ1) is 15.8. The van der Waals surface area contributed by atoms with Crippen LogP contribution in [0.15, 0.2) is 18.2 Å². The number of anilines is 1. The summed E-state index contributed by atoms with van der Waals surface area (Å²) in [6.07, 6.45) is 2.41. The van der Waals surface area contributed by atoms with Crippen LogP contribution in [0.5, 0.6) is 5.75 Å². The van der Waals surface area contributed by atoms with Gasteiger partial charge in [0.15, 0.2) is 0 Å². The van der Waals surface area contributed by atoms with Crippen molar-refractivity contribution in [1.29, 1.82) is 0 Å². The first-order chi connectivity index (χ1) is 9.08. The van der Waals surface area contributed by atoms with Crippen LogP contribution in [0.3, 0.4) is 0 Å². The van der Waals surface area contributed by atoms with Gasteiger partial charge in [-0.25, -0.2) is 0 Å². The molecule has 0 aromatic heterocycles. The van der Waals surface area contributed by atoms with Crippen LogP contribution in [0.4, 0.5) is 5.69 Å². The van der Waals surface area contributed by atoms with Gasteiger partial charge >= 0.3 is 0 Å². The zero-order chi connectivity index (χ0) is 14.3. The second-order valence-electron chi connectivity index (χ2n) is 4.37. The number of rotatable bonds is 7. The number of hydrogen-bond donors (Lipinski definition) is 2. The molecule has 0 saturated heterocycles. The molecule has 1 rings (SSSR count). The van der Waals surface area contributed by atoms with Crippen LogP contribution in [-0.2, 0) is 4.79 Å². The number of nitrogens with one attached hydrogen (secondary N) is 1. The quantitative estimate of drug-likeness (QED) is 0.808. The minimum atomic E-state index is -0.511. The van der Waals surface area contributed by atoms with E-state index in [2.05, 4.69) is 5.32 Å². The fraction of sp³-hybridized carbons (Fsp3) is 0.500. The number of halogens is 1. The number of carbonyl (C=O) groups is 1. The van der Waals surface area contributed by atoms with Crippen molar-refractivity contribution >= 4 is 23.2 Å². The average Bonchev–Trinajstić information content (AvgIpc) is 2.38. The third kappa shape index (κ3) is 5.09. The van der Waals surface area contributed by atoms with Crippen LogP contribution in [0, 0.1) is 0 Å². The smallest absolute Gasteiger partial charge is 0.241 e. The first-order valence-electron chi connectivity index (χ1n) is 6.57. The molecule has 1 amide bonds. The largest absolute Gasteiger partial charge is 0.491 e. The monoisotopic (exact) mass is 284 g/mol. The molecular weight excluding hydrogens is 264 g/mol. The highest BCUT2D eigenvalue weighted by Gasteiger charge is 2.15. The van der Waals surface area contributed by atoms with Gasteiger partial charge in [0.2, 0.25) is 5.91 Å². The molecule has 1 atom stereocenters. The molecule has 5 heteroatoms. The van der Waals surface area contributed by atoms with E-state index in [-0.39, 0.29) is 5.91 Å². The molecule has 0 unspecified atom stereocenters. The Morgan fingerprint density at radius 1 is 1.42 bits per heavy atom. The van der Waals surface area contributed by atoms with Crippen molar-refractivity contribution < 1.29 is 9.53 Å². The van der Waals surface area contributed by atoms with E-state index in [1.165, 1.54) is 0 Å². The van der Waals surface area contributed by atoms with Crippen molar-refractivity contribution in [1.82, 2.24) is 0 Å². The number of carbonyl (C=O) groups excluding carboxylic acids is 1. The molecule has 0 fully saturated rings. The summed E-state index contributed by atoms with van der Waals surface area (Å²) in [5, 5.41) is 3.32. The van der Waals surface area contributed by atoms with Crippen molar-refractivity contribution in [2.24, 2.45) is 5.73 Å². The molecule has 0 heterocycles. The second-order valence-corrected chi connectivity index (χ2v) is 4.81. The summed E-state index contributed by atoms with van der Waals surface area (Å²) in [5.74, 6) is 0.397. The molecule has 19 heavy (non-hydrogen) atoms. The van der Waals surface area contributed by atoms with E-state index < -0.39 is 6.04 Å². The molecular formula is C14H21ClN2O2. The van der Waals surface area contributed by atoms with Crippen LogP contribution in [0.1, 0.15) is 33.1 Å². The molecule has 1 aromatic rings. The Kier molecular flexibility index (Phi) is 6.67. The summed E-state index contributed by atoms with van der Waals surface area (Å²) < 4.78 is 5.57. The Balaban J connectivity index is 2.79. The van der Waals surface area contributed by atoms with Gasteiger partial charge in [0, 0.05) is 5.02 Å². The van der Waals surface area contributed by atoms with Crippen LogP contribution >= 0.6 is 11.6 Å². The van der Waals surface area contributed by atoms with Crippen LogP contribution in [-0.4, -0.2) is 18.6 Å². The van der Waals surface area contributed by atoms with Gasteiger partial charge in [-0.3, -0.25) is 4.79 Å². The fourth-order valence-electron chi connectivity index (χ4n) is 1.61. The Hall–Kier alpha value is -1.26. The highest BCUT2D eigenvalue weighted by molar-refractivity contribution is 6.31. The fourth-order valence-corrected chi connectivity index (χ4v) is 1.78. The lowest BCUT2D eigenvalue weighted by molar-refractivity contribution is -0.117. The lowest BCUT2D eigenvalue weighted by Crippen LogP contribution is -2.35. The molecule has 0 aliphatic carbocycles. The van der Waals surface area contributed by atoms with Crippen molar-refractivity contribution in [2.45, 2.75) is 39.2 Å². The van der Waals surface area contributed by atoms with Gasteiger partial charge in [0.05, 0.1) is 18.3 Å². The molecule has 0 saturated carbocycles. The SMILES string of the molecule is CCCOc1ccc(Cl)cc1NC(=O)[C@H](N)CCC. The maximum absolute atomic E-state index is 11.9. The van der Waals surface area contributed by atoms with Crippen molar-refractivity contribution in [3.63, 3.8) is 0 Å². The second kappa shape index (κ2) is 8.02. The van der Waals surface area contributed by atoms with Gasteiger partial charge < -0.3 is 15.8 Å². The van der Waals surface area contributed by atoms with Gasteiger partial charge in [-0.15, -0.1) is 0 Å². The van der Waals surface area contributed by atoms with E-state index in [0.717, 1.165) is 12.8 Å². The van der Waals surface area contributed by atoms with E-state index in [0.29, 0.717) is 29.5 Å². The first-order valence-corrected chi connectivity index (χ1v) is 6.95. The lowest BCUT2D eigenvalue weighted by Gasteiger charge is -2.15. The molecule has 0 bridgehead atoms. The van der Waals surface area contributed by atoms with Crippen molar-refractivity contribution in [3.8, 4) is 5.75 Å². The summed E-state index contributed by atoms with van der Waals surface area (Å²) in [4.78, 5) is 11.9. The van der Waals surface area contributed by atoms with E-state index in [9.17, 15) is 4.79 Å². The van der Waals surface area contributed by atoms with E-state index in [1.807, 2.05) is 13.8 Å². The summed E-state index contributed by atoms with van der Waals surface area (Å²) in [7, 11) is 0. The molecule has 0 aliphatic rings. The standard InChI is InChI=1S/C14H21ClN2O2/c1-3-5-11(16)14(18)17-12-9-10(15)6-7-13(12)19-8-4-2/h6-7,9,11H,3-5,8,16H2,1-2H3,(H,17,18)/t11-/m1/s1. The van der Waals surface area contributed by atoms with E-state index in [4.69, 9.17) is 22.1 Å². The molecule has 106 valence electrons. The van der Waals surface area contributed by atoms with Gasteiger partial charge in [0.25, 0.3) is 0 Å². The Bertz CT molecular complexity index is 424. The molecule has 0 radical (unpaired) electrons. The van der Waals surface area contributed by atoms with E-state index in [1.54, 1.807) is 18.2 Å². The molecule has 3 N–H and O–H groups in total. The average molecular weight is 285 g/mol. The maximum atomic E-state index is 11.9. The maximum Gasteiger partial charge on any atom is 0.241 e. The third-order valence-electron chi connectivity index (χ3n) is 2.60. The minimum Gasteiger partial charge on any atom is -0.491 e. The molecule has 0 spiro atoms. The Labute approximate surface area is 119 Å². The number of benzene rings is 1. The number of amides is 1. The van der Waals surface area contributed by atoms with Crippen molar-refractivity contribution in [3.05, 3.63) is 23.2 Å². The summed E-state index contributed by atoms with van der Waals surface area (Å²) in [6, 6.07) is 4.64. The number of nitrogens with two attached hydrogens (primary N) is 1. The van der Waals surface area contributed by atoms with Gasteiger partial charge in [-0.2, -0.15) is 0 Å². The topological polar surface area (TPSA) is 64.3 Å². The van der Waals surface area contributed by atoms with Crippen molar-refractivity contribution in [2.75, 3.05) is 11.9 Å². The Morgan fingerprint density at radius 2 is 2.16 bits per heavy atom. The molecule has 0 aliphatic heterocycles. The number of ether oxygens (including phenoxy) is 1. The predicted molar refractivity (Wildman–Crippen MR) is 78.8 cm³/mol.